The van der Waals surface area contributed by atoms with Crippen molar-refractivity contribution in [2.24, 2.45) is 0 Å². The molecule has 0 fully saturated rings. The van der Waals surface area contributed by atoms with Crippen LogP contribution >= 0.6 is 0 Å². The van der Waals surface area contributed by atoms with Crippen molar-refractivity contribution in [2.45, 2.75) is 19.6 Å². The Morgan fingerprint density at radius 1 is 1.20 bits per heavy atom. The van der Waals surface area contributed by atoms with Gasteiger partial charge in [0.15, 0.2) is 5.69 Å². The minimum Gasteiger partial charge on any atom is -0.496 e. The Morgan fingerprint density at radius 3 is 2.64 bits per heavy atom. The first kappa shape index (κ1) is 16.9. The topological polar surface area (TPSA) is 77.2 Å². The molecule has 1 N–H and O–H groups in total. The molecule has 6 nitrogen and oxygen atoms in total. The number of hydrogen-bond acceptors (Lipinski definition) is 5. The number of aliphatic hydroxyl groups is 1. The van der Waals surface area contributed by atoms with Crippen LogP contribution in [0.3, 0.4) is 0 Å². The zero-order valence-electron chi connectivity index (χ0n) is 14.1. The van der Waals surface area contributed by atoms with Gasteiger partial charge >= 0.3 is 0 Å². The van der Waals surface area contributed by atoms with Crippen molar-refractivity contribution in [1.29, 1.82) is 0 Å². The fourth-order valence-corrected chi connectivity index (χ4v) is 2.56. The SMILES string of the molecule is COc1ccccc1[C@@H](O)Cn1cc(C(=O)c2ccc(C)cc2)nn1. The van der Waals surface area contributed by atoms with Gasteiger partial charge in [-0.3, -0.25) is 4.79 Å². The van der Waals surface area contributed by atoms with E-state index in [1.807, 2.05) is 31.2 Å². The predicted octanol–water partition coefficient (Wildman–Crippen LogP) is 2.56. The summed E-state index contributed by atoms with van der Waals surface area (Å²) in [7, 11) is 1.55. The number of methoxy groups -OCH3 is 1. The van der Waals surface area contributed by atoms with Gasteiger partial charge in [0.05, 0.1) is 19.9 Å². The van der Waals surface area contributed by atoms with Crippen molar-refractivity contribution in [3.8, 4) is 5.75 Å². The smallest absolute Gasteiger partial charge is 0.214 e. The monoisotopic (exact) mass is 337 g/mol. The predicted molar refractivity (Wildman–Crippen MR) is 92.6 cm³/mol. The Kier molecular flexibility index (Phi) is 4.90. The molecule has 0 aliphatic carbocycles. The lowest BCUT2D eigenvalue weighted by Crippen LogP contribution is -2.10. The third-order valence-corrected chi connectivity index (χ3v) is 3.94. The molecule has 3 rings (SSSR count). The van der Waals surface area contributed by atoms with Gasteiger partial charge in [0.25, 0.3) is 0 Å². The summed E-state index contributed by atoms with van der Waals surface area (Å²) in [6.07, 6.45) is 0.723. The molecule has 0 radical (unpaired) electrons. The number of ketones is 1. The average Bonchev–Trinajstić information content (AvgIpc) is 3.10. The molecule has 0 aliphatic heterocycles. The fourth-order valence-electron chi connectivity index (χ4n) is 2.56. The van der Waals surface area contributed by atoms with E-state index >= 15 is 0 Å². The van der Waals surface area contributed by atoms with Crippen molar-refractivity contribution < 1.29 is 14.6 Å². The summed E-state index contributed by atoms with van der Waals surface area (Å²) >= 11 is 0. The quantitative estimate of drug-likeness (QED) is 0.700. The number of carbonyl (C=O) groups excluding carboxylic acids is 1. The molecule has 0 bridgehead atoms. The second-order valence-corrected chi connectivity index (χ2v) is 5.78. The normalized spacial score (nSPS) is 12.0. The van der Waals surface area contributed by atoms with Gasteiger partial charge in [0.1, 0.15) is 11.9 Å². The summed E-state index contributed by atoms with van der Waals surface area (Å²) < 4.78 is 6.71. The van der Waals surface area contributed by atoms with E-state index in [0.717, 1.165) is 5.56 Å². The van der Waals surface area contributed by atoms with Crippen LogP contribution in [0.1, 0.15) is 33.3 Å². The second kappa shape index (κ2) is 7.27. The summed E-state index contributed by atoms with van der Waals surface area (Å²) in [5.41, 5.74) is 2.55. The summed E-state index contributed by atoms with van der Waals surface area (Å²) in [6, 6.07) is 14.5. The number of nitrogens with zero attached hydrogens (tertiary/aromatic N) is 3. The van der Waals surface area contributed by atoms with Crippen molar-refractivity contribution in [3.05, 3.63) is 77.1 Å². The van der Waals surface area contributed by atoms with Gasteiger partial charge in [-0.25, -0.2) is 4.68 Å². The van der Waals surface area contributed by atoms with E-state index in [4.69, 9.17) is 4.74 Å². The summed E-state index contributed by atoms with van der Waals surface area (Å²) in [5.74, 6) is 0.407. The van der Waals surface area contributed by atoms with Crippen molar-refractivity contribution >= 4 is 5.78 Å². The number of benzene rings is 2. The lowest BCUT2D eigenvalue weighted by atomic mass is 10.1. The number of aromatic nitrogens is 3. The molecule has 0 spiro atoms. The maximum atomic E-state index is 12.4. The largest absolute Gasteiger partial charge is 0.496 e. The number of aryl methyl sites for hydroxylation is 1. The number of rotatable bonds is 6. The number of para-hydroxylation sites is 1. The molecular weight excluding hydrogens is 318 g/mol. The Labute approximate surface area is 145 Å². The van der Waals surface area contributed by atoms with Crippen LogP contribution < -0.4 is 4.74 Å². The summed E-state index contributed by atoms with van der Waals surface area (Å²) in [6.45, 7) is 2.14. The van der Waals surface area contributed by atoms with Crippen LogP contribution in [0, 0.1) is 6.92 Å². The van der Waals surface area contributed by atoms with E-state index in [1.54, 1.807) is 37.6 Å². The highest BCUT2D eigenvalue weighted by molar-refractivity contribution is 6.07. The standard InChI is InChI=1S/C19H19N3O3/c1-13-7-9-14(10-8-13)19(24)16-11-22(21-20-16)12-17(23)15-5-3-4-6-18(15)25-2/h3-11,17,23H,12H2,1-2H3/t17-/m0/s1. The first-order valence-corrected chi connectivity index (χ1v) is 7.91. The first-order chi connectivity index (χ1) is 12.1. The Bertz CT molecular complexity index is 872. The van der Waals surface area contributed by atoms with E-state index in [9.17, 15) is 9.90 Å². The number of hydrogen-bond donors (Lipinski definition) is 1. The maximum absolute atomic E-state index is 12.4. The molecule has 0 unspecified atom stereocenters. The molecule has 0 saturated heterocycles. The minimum atomic E-state index is -0.819. The molecule has 6 heteroatoms. The zero-order valence-corrected chi connectivity index (χ0v) is 14.1. The fraction of sp³-hybridized carbons (Fsp3) is 0.211. The van der Waals surface area contributed by atoms with Gasteiger partial charge in [-0.2, -0.15) is 0 Å². The van der Waals surface area contributed by atoms with Crippen molar-refractivity contribution in [3.63, 3.8) is 0 Å². The third kappa shape index (κ3) is 3.75. The van der Waals surface area contributed by atoms with Gasteiger partial charge in [0.2, 0.25) is 5.78 Å². The van der Waals surface area contributed by atoms with E-state index < -0.39 is 6.10 Å². The molecule has 0 amide bonds. The van der Waals surface area contributed by atoms with E-state index in [1.165, 1.54) is 4.68 Å². The highest BCUT2D eigenvalue weighted by Gasteiger charge is 2.17. The van der Waals surface area contributed by atoms with Crippen LogP contribution in [-0.2, 0) is 6.54 Å². The molecular formula is C19H19N3O3. The van der Waals surface area contributed by atoms with Crippen LogP contribution in [0.2, 0.25) is 0 Å². The van der Waals surface area contributed by atoms with Gasteiger partial charge in [-0.1, -0.05) is 53.2 Å². The summed E-state index contributed by atoms with van der Waals surface area (Å²) in [4.78, 5) is 12.4. The number of ether oxygens (including phenoxy) is 1. The van der Waals surface area contributed by atoms with Gasteiger partial charge in [-0.05, 0) is 13.0 Å². The molecule has 2 aromatic carbocycles. The number of aliphatic hydroxyl groups excluding tert-OH is 1. The lowest BCUT2D eigenvalue weighted by molar-refractivity contribution is 0.103. The van der Waals surface area contributed by atoms with Crippen LogP contribution in [0.4, 0.5) is 0 Å². The molecule has 0 aliphatic rings. The Morgan fingerprint density at radius 2 is 1.92 bits per heavy atom. The van der Waals surface area contributed by atoms with E-state index in [2.05, 4.69) is 10.3 Å². The zero-order chi connectivity index (χ0) is 17.8. The van der Waals surface area contributed by atoms with Crippen LogP contribution in [0.15, 0.2) is 54.7 Å². The average molecular weight is 337 g/mol. The van der Waals surface area contributed by atoms with Crippen molar-refractivity contribution in [1.82, 2.24) is 15.0 Å². The van der Waals surface area contributed by atoms with E-state index in [0.29, 0.717) is 16.9 Å². The Hall–Kier alpha value is -2.99. The van der Waals surface area contributed by atoms with Crippen LogP contribution in [0.5, 0.6) is 5.75 Å². The summed E-state index contributed by atoms with van der Waals surface area (Å²) in [5, 5.41) is 18.3. The first-order valence-electron chi connectivity index (χ1n) is 7.91. The van der Waals surface area contributed by atoms with E-state index in [-0.39, 0.29) is 18.0 Å². The minimum absolute atomic E-state index is 0.175. The van der Waals surface area contributed by atoms with Gasteiger partial charge in [-0.15, -0.1) is 5.10 Å². The molecule has 1 aromatic heterocycles. The molecule has 0 saturated carbocycles. The Balaban J connectivity index is 1.75. The second-order valence-electron chi connectivity index (χ2n) is 5.78. The molecule has 1 atom stereocenters. The van der Waals surface area contributed by atoms with Crippen LogP contribution in [0.25, 0.3) is 0 Å². The molecule has 128 valence electrons. The van der Waals surface area contributed by atoms with Crippen molar-refractivity contribution in [2.75, 3.05) is 7.11 Å². The van der Waals surface area contributed by atoms with Crippen LogP contribution in [-0.4, -0.2) is 33.0 Å². The molecule has 1 heterocycles. The lowest BCUT2D eigenvalue weighted by Gasteiger charge is -2.14. The molecule has 3 aromatic rings. The third-order valence-electron chi connectivity index (χ3n) is 3.94. The number of carbonyl (C=O) groups is 1. The van der Waals surface area contributed by atoms with Gasteiger partial charge < -0.3 is 9.84 Å². The maximum Gasteiger partial charge on any atom is 0.214 e. The molecule has 25 heavy (non-hydrogen) atoms. The highest BCUT2D eigenvalue weighted by atomic mass is 16.5. The van der Waals surface area contributed by atoms with Gasteiger partial charge in [0, 0.05) is 11.1 Å². The highest BCUT2D eigenvalue weighted by Crippen LogP contribution is 2.25.